The highest BCUT2D eigenvalue weighted by Gasteiger charge is 2.45. The number of hydrogen-bond acceptors (Lipinski definition) is 5. The number of nitrogens with zero attached hydrogens (tertiary/aromatic N) is 3. The molecule has 37 heavy (non-hydrogen) atoms. The van der Waals surface area contributed by atoms with Gasteiger partial charge in [0.15, 0.2) is 0 Å². The van der Waals surface area contributed by atoms with Crippen LogP contribution in [0.25, 0.3) is 11.4 Å². The number of aromatic nitrogens is 2. The van der Waals surface area contributed by atoms with E-state index in [2.05, 4.69) is 25.8 Å². The number of imidazole rings is 1. The smallest absolute Gasteiger partial charge is 0.295 e. The zero-order valence-electron chi connectivity index (χ0n) is 21.9. The zero-order valence-corrected chi connectivity index (χ0v) is 21.9. The molecule has 5 rings (SSSR count). The van der Waals surface area contributed by atoms with Gasteiger partial charge in [-0.2, -0.15) is 0 Å². The van der Waals surface area contributed by atoms with Gasteiger partial charge in [-0.1, -0.05) is 56.9 Å². The van der Waals surface area contributed by atoms with Crippen molar-refractivity contribution in [3.8, 4) is 0 Å². The van der Waals surface area contributed by atoms with Crippen LogP contribution < -0.4 is 10.0 Å². The highest BCUT2D eigenvalue weighted by atomic mass is 16.5. The average molecular weight is 503 g/mol. The summed E-state index contributed by atoms with van der Waals surface area (Å²) in [6, 6.07) is 12.7. The number of amides is 1. The number of morpholine rings is 1. The summed E-state index contributed by atoms with van der Waals surface area (Å²) in [5.41, 5.74) is 3.33. The quantitative estimate of drug-likeness (QED) is 0.320. The summed E-state index contributed by atoms with van der Waals surface area (Å²) in [5.74, 6) is -1.79. The summed E-state index contributed by atoms with van der Waals surface area (Å²) in [4.78, 5) is 34.2. The van der Waals surface area contributed by atoms with Crippen LogP contribution in [0.15, 0.2) is 54.2 Å². The molecule has 0 spiro atoms. The number of rotatable bonds is 5. The van der Waals surface area contributed by atoms with Gasteiger partial charge >= 0.3 is 0 Å². The zero-order chi connectivity index (χ0) is 26.3. The van der Waals surface area contributed by atoms with Gasteiger partial charge < -0.3 is 24.0 Å². The molecule has 3 aromatic rings. The number of likely N-dealkylation sites (tertiary alicyclic amines) is 1. The van der Waals surface area contributed by atoms with Crippen LogP contribution in [0, 0.1) is 6.92 Å². The van der Waals surface area contributed by atoms with Crippen molar-refractivity contribution in [1.82, 2.24) is 14.3 Å². The number of aryl methyl sites for hydroxylation is 1. The number of ketones is 1. The molecule has 0 radical (unpaired) electrons. The Morgan fingerprint density at radius 1 is 1.11 bits per heavy atom. The van der Waals surface area contributed by atoms with Crippen LogP contribution in [0.4, 0.5) is 0 Å². The largest absolute Gasteiger partial charge is 0.871 e. The Labute approximate surface area is 217 Å². The molecule has 1 amide bonds. The minimum atomic E-state index is -0.740. The number of benzene rings is 1. The first-order chi connectivity index (χ1) is 17.7. The van der Waals surface area contributed by atoms with Gasteiger partial charge in [0, 0.05) is 11.8 Å². The molecule has 2 aromatic heterocycles. The van der Waals surface area contributed by atoms with Crippen LogP contribution >= 0.6 is 0 Å². The van der Waals surface area contributed by atoms with Crippen LogP contribution in [0.5, 0.6) is 0 Å². The van der Waals surface area contributed by atoms with Gasteiger partial charge in [-0.15, -0.1) is 0 Å². The molecule has 2 saturated heterocycles. The maximum absolute atomic E-state index is 14.0. The molecule has 2 fully saturated rings. The van der Waals surface area contributed by atoms with Gasteiger partial charge in [0.05, 0.1) is 43.7 Å². The van der Waals surface area contributed by atoms with Crippen molar-refractivity contribution < 1.29 is 24.3 Å². The molecule has 4 heterocycles. The molecule has 1 unspecified atom stereocenters. The van der Waals surface area contributed by atoms with Crippen molar-refractivity contribution in [2.75, 3.05) is 39.4 Å². The second kappa shape index (κ2) is 9.76. The van der Waals surface area contributed by atoms with E-state index in [0.29, 0.717) is 43.3 Å². The second-order valence-electron chi connectivity index (χ2n) is 10.9. The number of carbonyl (C=O) groups excluding carboxylic acids is 2. The lowest BCUT2D eigenvalue weighted by molar-refractivity contribution is -0.907. The monoisotopic (exact) mass is 502 g/mol. The van der Waals surface area contributed by atoms with Gasteiger partial charge in [0.25, 0.3) is 5.91 Å². The van der Waals surface area contributed by atoms with Crippen LogP contribution in [0.2, 0.25) is 0 Å². The number of fused-ring (bicyclic) bond motifs is 1. The van der Waals surface area contributed by atoms with Gasteiger partial charge in [-0.3, -0.25) is 9.59 Å². The molecule has 0 saturated carbocycles. The Hall–Kier alpha value is -3.49. The first-order valence-corrected chi connectivity index (χ1v) is 12.9. The fraction of sp³-hybridized carbons (Fsp3) is 0.414. The van der Waals surface area contributed by atoms with Gasteiger partial charge in [0.1, 0.15) is 18.7 Å². The second-order valence-corrected chi connectivity index (χ2v) is 10.9. The van der Waals surface area contributed by atoms with Crippen LogP contribution in [-0.2, 0) is 19.7 Å². The summed E-state index contributed by atoms with van der Waals surface area (Å²) in [7, 11) is 0. The van der Waals surface area contributed by atoms with Crippen molar-refractivity contribution in [1.29, 1.82) is 0 Å². The molecule has 194 valence electrons. The third kappa shape index (κ3) is 4.67. The van der Waals surface area contributed by atoms with E-state index < -0.39 is 23.5 Å². The summed E-state index contributed by atoms with van der Waals surface area (Å²) in [5, 5.41) is 14.0. The number of ether oxygens (including phenoxy) is 1. The molecule has 8 nitrogen and oxygen atoms in total. The predicted molar refractivity (Wildman–Crippen MR) is 138 cm³/mol. The van der Waals surface area contributed by atoms with Crippen molar-refractivity contribution in [2.24, 2.45) is 0 Å². The molecular weight excluding hydrogens is 468 g/mol. The van der Waals surface area contributed by atoms with E-state index in [1.807, 2.05) is 42.5 Å². The van der Waals surface area contributed by atoms with Crippen molar-refractivity contribution >= 4 is 23.1 Å². The molecule has 2 aliphatic rings. The molecule has 2 aliphatic heterocycles. The highest BCUT2D eigenvalue weighted by molar-refractivity contribution is 6.46. The Kier molecular flexibility index (Phi) is 6.64. The van der Waals surface area contributed by atoms with Crippen LogP contribution in [0.1, 0.15) is 49.3 Å². The molecular formula is C29H34N4O4. The van der Waals surface area contributed by atoms with E-state index in [-0.39, 0.29) is 11.0 Å². The fourth-order valence-corrected chi connectivity index (χ4v) is 5.32. The molecule has 1 atom stereocenters. The van der Waals surface area contributed by atoms with Crippen molar-refractivity contribution in [2.45, 2.75) is 39.2 Å². The number of Topliss-reactive ketones (excluding diaryl/α,β-unsaturated/α-hetero) is 1. The van der Waals surface area contributed by atoms with E-state index in [1.165, 1.54) is 4.90 Å². The lowest BCUT2D eigenvalue weighted by Crippen LogP contribution is -3.14. The Morgan fingerprint density at radius 3 is 2.49 bits per heavy atom. The third-order valence-electron chi connectivity index (χ3n) is 7.45. The molecule has 0 aliphatic carbocycles. The van der Waals surface area contributed by atoms with Crippen LogP contribution in [-0.4, -0.2) is 65.4 Å². The van der Waals surface area contributed by atoms with Crippen LogP contribution in [0.3, 0.4) is 0 Å². The highest BCUT2D eigenvalue weighted by Crippen LogP contribution is 2.39. The minimum absolute atomic E-state index is 0.000704. The lowest BCUT2D eigenvalue weighted by atomic mass is 9.85. The Balaban J connectivity index is 1.61. The maximum atomic E-state index is 14.0. The minimum Gasteiger partial charge on any atom is -0.871 e. The number of nitrogens with one attached hydrogen (secondary N) is 1. The molecule has 0 bridgehead atoms. The van der Waals surface area contributed by atoms with Crippen molar-refractivity contribution in [3.05, 3.63) is 76.7 Å². The van der Waals surface area contributed by atoms with E-state index in [1.54, 1.807) is 22.4 Å². The first kappa shape index (κ1) is 25.2. The number of hydrogen-bond donors (Lipinski definition) is 1. The number of pyridine rings is 1. The normalized spacial score (nSPS) is 20.8. The summed E-state index contributed by atoms with van der Waals surface area (Å²) < 4.78 is 7.16. The first-order valence-electron chi connectivity index (χ1n) is 12.9. The van der Waals surface area contributed by atoms with E-state index >= 15 is 0 Å². The third-order valence-corrected chi connectivity index (χ3v) is 7.45. The molecule has 1 N–H and O–H groups in total. The SMILES string of the molecule is Cc1nc2ccccn2c1C([O-])=C1C(=O)C(=O)N(CC[NH+]2CCOCC2)C1c1ccc(C(C)(C)C)cc1. The standard InChI is InChI=1S/C29H34N4O4/c1-19-24(32-12-6-5-7-22(32)30-19)26(34)23-25(20-8-10-21(11-9-20)29(2,3)4)33(28(36)27(23)35)14-13-31-15-17-37-18-16-31/h5-12,25,34H,13-18H2,1-4H3. The Bertz CT molecular complexity index is 1360. The maximum Gasteiger partial charge on any atom is 0.295 e. The fourth-order valence-electron chi connectivity index (χ4n) is 5.32. The topological polar surface area (TPSA) is 91.4 Å². The number of quaternary nitrogens is 1. The Morgan fingerprint density at radius 2 is 1.81 bits per heavy atom. The molecule has 1 aromatic carbocycles. The summed E-state index contributed by atoms with van der Waals surface area (Å²) in [6.45, 7) is 12.3. The summed E-state index contributed by atoms with van der Waals surface area (Å²) in [6.07, 6.45) is 1.76. The lowest BCUT2D eigenvalue weighted by Gasteiger charge is -2.30. The van der Waals surface area contributed by atoms with E-state index in [9.17, 15) is 14.7 Å². The van der Waals surface area contributed by atoms with Gasteiger partial charge in [-0.25, -0.2) is 4.98 Å². The van der Waals surface area contributed by atoms with E-state index in [0.717, 1.165) is 24.2 Å². The van der Waals surface area contributed by atoms with E-state index in [4.69, 9.17) is 4.74 Å². The van der Waals surface area contributed by atoms with Gasteiger partial charge in [-0.05, 0) is 35.6 Å². The van der Waals surface area contributed by atoms with Gasteiger partial charge in [0.2, 0.25) is 5.78 Å². The number of carbonyl (C=O) groups is 2. The predicted octanol–water partition coefficient (Wildman–Crippen LogP) is 1.08. The average Bonchev–Trinajstić information content (AvgIpc) is 3.35. The molecule has 8 heteroatoms. The summed E-state index contributed by atoms with van der Waals surface area (Å²) >= 11 is 0. The van der Waals surface area contributed by atoms with Crippen molar-refractivity contribution in [3.63, 3.8) is 0 Å².